The zero-order valence-corrected chi connectivity index (χ0v) is 13.2. The molecule has 1 saturated heterocycles. The van der Waals surface area contributed by atoms with E-state index in [1.165, 1.54) is 44.9 Å². The number of carbonyl (C=O) groups is 1. The molecule has 0 aromatic rings. The van der Waals surface area contributed by atoms with Gasteiger partial charge in [-0.15, -0.1) is 0 Å². The van der Waals surface area contributed by atoms with Gasteiger partial charge in [0.2, 0.25) is 5.91 Å². The lowest BCUT2D eigenvalue weighted by molar-refractivity contribution is -0.133. The van der Waals surface area contributed by atoms with Crippen LogP contribution in [-0.2, 0) is 4.79 Å². The minimum atomic E-state index is -0.0177. The van der Waals surface area contributed by atoms with Crippen LogP contribution in [0.5, 0.6) is 0 Å². The predicted molar refractivity (Wildman–Crippen MR) is 82.6 cm³/mol. The Kier molecular flexibility index (Phi) is 6.02. The summed E-state index contributed by atoms with van der Waals surface area (Å²) in [7, 11) is 0. The van der Waals surface area contributed by atoms with E-state index in [0.29, 0.717) is 17.2 Å². The van der Waals surface area contributed by atoms with Gasteiger partial charge in [-0.3, -0.25) is 4.79 Å². The highest BCUT2D eigenvalue weighted by Crippen LogP contribution is 2.28. The first kappa shape index (κ1) is 15.2. The van der Waals surface area contributed by atoms with E-state index in [9.17, 15) is 4.79 Å². The third kappa shape index (κ3) is 4.12. The van der Waals surface area contributed by atoms with Crippen molar-refractivity contribution in [3.8, 4) is 0 Å². The van der Waals surface area contributed by atoms with Crippen LogP contribution < -0.4 is 5.32 Å². The summed E-state index contributed by atoms with van der Waals surface area (Å²) in [6, 6.07) is 0.511. The normalized spacial score (nSPS) is 30.1. The molecule has 0 spiro atoms. The first-order valence-electron chi connectivity index (χ1n) is 7.80. The van der Waals surface area contributed by atoms with Crippen molar-refractivity contribution >= 4 is 17.7 Å². The number of nitrogens with zero attached hydrogens (tertiary/aromatic N) is 1. The highest BCUT2D eigenvalue weighted by atomic mass is 32.2. The second-order valence-corrected chi connectivity index (χ2v) is 7.02. The van der Waals surface area contributed by atoms with E-state index in [1.807, 2.05) is 18.7 Å². The molecular weight excluding hydrogens is 256 g/mol. The molecule has 3 nitrogen and oxygen atoms in total. The van der Waals surface area contributed by atoms with E-state index in [2.05, 4.69) is 16.5 Å². The van der Waals surface area contributed by atoms with Crippen LogP contribution in [0.2, 0.25) is 0 Å². The Balaban J connectivity index is 1.84. The predicted octanol–water partition coefficient (Wildman–Crippen LogP) is 2.65. The first-order chi connectivity index (χ1) is 9.22. The number of thioether (sulfide) groups is 1. The molecule has 1 heterocycles. The summed E-state index contributed by atoms with van der Waals surface area (Å²) in [5, 5.41) is 4.28. The Bertz CT molecular complexity index is 290. The van der Waals surface area contributed by atoms with Gasteiger partial charge in [-0.1, -0.05) is 19.3 Å². The maximum absolute atomic E-state index is 12.5. The van der Waals surface area contributed by atoms with Gasteiger partial charge in [0.05, 0.1) is 6.04 Å². The van der Waals surface area contributed by atoms with E-state index < -0.39 is 0 Å². The second-order valence-electron chi connectivity index (χ2n) is 5.94. The first-order valence-corrected chi connectivity index (χ1v) is 9.09. The van der Waals surface area contributed by atoms with Gasteiger partial charge in [-0.25, -0.2) is 0 Å². The molecule has 2 aliphatic rings. The number of carbonyl (C=O) groups excluding carboxylic acids is 1. The van der Waals surface area contributed by atoms with Crippen molar-refractivity contribution in [2.45, 2.75) is 69.2 Å². The van der Waals surface area contributed by atoms with Crippen LogP contribution in [0, 0.1) is 0 Å². The molecule has 0 radical (unpaired) electrons. The lowest BCUT2D eigenvalue weighted by Crippen LogP contribution is -2.50. The van der Waals surface area contributed by atoms with Crippen LogP contribution in [-0.4, -0.2) is 47.5 Å². The number of likely N-dealkylation sites (tertiary alicyclic amines) is 1. The fourth-order valence-electron chi connectivity index (χ4n) is 3.36. The SMILES string of the molecule is CSC1CCCC1NC(C)C(=O)N1CCCCCC1. The topological polar surface area (TPSA) is 32.3 Å². The van der Waals surface area contributed by atoms with Crippen molar-refractivity contribution in [2.75, 3.05) is 19.3 Å². The van der Waals surface area contributed by atoms with Crippen LogP contribution >= 0.6 is 11.8 Å². The standard InChI is InChI=1S/C15H28N2OS/c1-12(16-13-8-7-9-14(13)19-2)15(18)17-10-5-3-4-6-11-17/h12-14,16H,3-11H2,1-2H3. The van der Waals surface area contributed by atoms with Gasteiger partial charge in [0.15, 0.2) is 0 Å². The molecule has 1 saturated carbocycles. The van der Waals surface area contributed by atoms with Gasteiger partial charge < -0.3 is 10.2 Å². The molecule has 1 N–H and O–H groups in total. The molecule has 0 bridgehead atoms. The number of nitrogens with one attached hydrogen (secondary N) is 1. The molecule has 110 valence electrons. The molecule has 1 aliphatic carbocycles. The van der Waals surface area contributed by atoms with Gasteiger partial charge >= 0.3 is 0 Å². The van der Waals surface area contributed by atoms with Crippen molar-refractivity contribution in [3.63, 3.8) is 0 Å². The Morgan fingerprint density at radius 1 is 1.16 bits per heavy atom. The minimum absolute atomic E-state index is 0.0177. The Morgan fingerprint density at radius 2 is 1.84 bits per heavy atom. The second kappa shape index (κ2) is 7.53. The summed E-state index contributed by atoms with van der Waals surface area (Å²) in [5.41, 5.74) is 0. The highest BCUT2D eigenvalue weighted by molar-refractivity contribution is 7.99. The smallest absolute Gasteiger partial charge is 0.239 e. The molecule has 1 amide bonds. The van der Waals surface area contributed by atoms with Crippen molar-refractivity contribution < 1.29 is 4.79 Å². The number of amides is 1. The number of rotatable bonds is 4. The average Bonchev–Trinajstić information content (AvgIpc) is 2.69. The lowest BCUT2D eigenvalue weighted by atomic mass is 10.2. The van der Waals surface area contributed by atoms with E-state index in [1.54, 1.807) is 0 Å². The molecule has 2 fully saturated rings. The van der Waals surface area contributed by atoms with Gasteiger partial charge in [-0.05, 0) is 38.9 Å². The van der Waals surface area contributed by atoms with Crippen LogP contribution in [0.25, 0.3) is 0 Å². The molecule has 0 aromatic heterocycles. The quantitative estimate of drug-likeness (QED) is 0.861. The van der Waals surface area contributed by atoms with Gasteiger partial charge in [0.1, 0.15) is 0 Å². The highest BCUT2D eigenvalue weighted by Gasteiger charge is 2.30. The molecular formula is C15H28N2OS. The Labute approximate surface area is 121 Å². The van der Waals surface area contributed by atoms with Crippen molar-refractivity contribution in [1.82, 2.24) is 10.2 Å². The van der Waals surface area contributed by atoms with E-state index in [4.69, 9.17) is 0 Å². The number of hydrogen-bond donors (Lipinski definition) is 1. The summed E-state index contributed by atoms with van der Waals surface area (Å²) in [5.74, 6) is 0.314. The zero-order valence-electron chi connectivity index (χ0n) is 12.4. The Morgan fingerprint density at radius 3 is 2.47 bits per heavy atom. The van der Waals surface area contributed by atoms with Gasteiger partial charge in [0, 0.05) is 24.4 Å². The maximum atomic E-state index is 12.5. The molecule has 1 aliphatic heterocycles. The van der Waals surface area contributed by atoms with Gasteiger partial charge in [0.25, 0.3) is 0 Å². The van der Waals surface area contributed by atoms with E-state index >= 15 is 0 Å². The number of hydrogen-bond acceptors (Lipinski definition) is 3. The average molecular weight is 284 g/mol. The summed E-state index contributed by atoms with van der Waals surface area (Å²) in [4.78, 5) is 14.6. The van der Waals surface area contributed by atoms with Crippen molar-refractivity contribution in [1.29, 1.82) is 0 Å². The third-order valence-corrected chi connectivity index (χ3v) is 5.68. The molecule has 0 aromatic carbocycles. The molecule has 19 heavy (non-hydrogen) atoms. The fraction of sp³-hybridized carbons (Fsp3) is 0.933. The van der Waals surface area contributed by atoms with Crippen LogP contribution in [0.3, 0.4) is 0 Å². The van der Waals surface area contributed by atoms with Crippen molar-refractivity contribution in [3.05, 3.63) is 0 Å². The van der Waals surface area contributed by atoms with E-state index in [0.717, 1.165) is 13.1 Å². The zero-order chi connectivity index (χ0) is 13.7. The fourth-order valence-corrected chi connectivity index (χ4v) is 4.30. The summed E-state index contributed by atoms with van der Waals surface area (Å²) < 4.78 is 0. The molecule has 4 heteroatoms. The summed E-state index contributed by atoms with van der Waals surface area (Å²) in [6.07, 6.45) is 10.9. The summed E-state index contributed by atoms with van der Waals surface area (Å²) in [6.45, 7) is 3.96. The van der Waals surface area contributed by atoms with Crippen LogP contribution in [0.1, 0.15) is 51.9 Å². The van der Waals surface area contributed by atoms with E-state index in [-0.39, 0.29) is 6.04 Å². The molecule has 2 rings (SSSR count). The molecule has 3 atom stereocenters. The lowest BCUT2D eigenvalue weighted by Gasteiger charge is -2.28. The Hall–Kier alpha value is -0.220. The maximum Gasteiger partial charge on any atom is 0.239 e. The largest absolute Gasteiger partial charge is 0.341 e. The molecule has 3 unspecified atom stereocenters. The third-order valence-electron chi connectivity index (χ3n) is 4.51. The monoisotopic (exact) mass is 284 g/mol. The van der Waals surface area contributed by atoms with Gasteiger partial charge in [-0.2, -0.15) is 11.8 Å². The summed E-state index contributed by atoms with van der Waals surface area (Å²) >= 11 is 1.95. The van der Waals surface area contributed by atoms with Crippen LogP contribution in [0.4, 0.5) is 0 Å². The van der Waals surface area contributed by atoms with Crippen molar-refractivity contribution in [2.24, 2.45) is 0 Å². The minimum Gasteiger partial charge on any atom is -0.341 e. The van der Waals surface area contributed by atoms with Crippen LogP contribution in [0.15, 0.2) is 0 Å².